The van der Waals surface area contributed by atoms with E-state index in [4.69, 9.17) is 0 Å². The van der Waals surface area contributed by atoms with E-state index in [2.05, 4.69) is 42.9 Å². The van der Waals surface area contributed by atoms with Gasteiger partial charge < -0.3 is 29.3 Å². The van der Waals surface area contributed by atoms with Gasteiger partial charge in [-0.1, -0.05) is 22.6 Å². The number of rotatable bonds is 2. The summed E-state index contributed by atoms with van der Waals surface area (Å²) >= 11 is 2.15. The molecule has 6 nitrogen and oxygen atoms in total. The molecule has 104 valence electrons. The molecule has 0 saturated heterocycles. The van der Waals surface area contributed by atoms with Gasteiger partial charge in [0.15, 0.2) is 18.1 Å². The molecule has 1 amide bonds. The molecule has 0 aliphatic rings. The molecule has 0 fully saturated rings. The molecular formula is C11H14I2N4O2. The number of hydrogen-bond acceptors (Lipinski definition) is 4. The average molecular weight is 488 g/mol. The second-order valence-corrected chi connectivity index (χ2v) is 3.40. The molecule has 2 aromatic rings. The van der Waals surface area contributed by atoms with Crippen molar-refractivity contribution in [3.05, 3.63) is 24.5 Å². The Kier molecular flexibility index (Phi) is 8.80. The lowest BCUT2D eigenvalue weighted by molar-refractivity contribution is -0.671. The van der Waals surface area contributed by atoms with Crippen LogP contribution in [0.2, 0.25) is 0 Å². The van der Waals surface area contributed by atoms with Gasteiger partial charge in [0.1, 0.15) is 7.05 Å². The van der Waals surface area contributed by atoms with Crippen molar-refractivity contribution in [1.82, 2.24) is 10.3 Å². The van der Waals surface area contributed by atoms with Gasteiger partial charge in [0.05, 0.1) is 5.56 Å². The number of carbonyl (C=O) groups excluding carboxylic acids is 1. The van der Waals surface area contributed by atoms with Crippen LogP contribution in [-0.2, 0) is 11.8 Å². The monoisotopic (exact) mass is 488 g/mol. The number of aromatic nitrogens is 3. The summed E-state index contributed by atoms with van der Waals surface area (Å²) in [7, 11) is 1.90. The minimum Gasteiger partial charge on any atom is -1.00 e. The summed E-state index contributed by atoms with van der Waals surface area (Å²) in [5, 5.41) is 9.96. The van der Waals surface area contributed by atoms with Gasteiger partial charge in [0.25, 0.3) is 0 Å². The van der Waals surface area contributed by atoms with Crippen molar-refractivity contribution >= 4 is 34.3 Å². The zero-order valence-corrected chi connectivity index (χ0v) is 15.0. The summed E-state index contributed by atoms with van der Waals surface area (Å²) in [4.78, 5) is 12.9. The van der Waals surface area contributed by atoms with E-state index in [0.717, 1.165) is 5.56 Å². The molecule has 8 heteroatoms. The Morgan fingerprint density at radius 3 is 2.68 bits per heavy atom. The average Bonchev–Trinajstić information content (AvgIpc) is 2.79. The Labute approximate surface area is 142 Å². The highest BCUT2D eigenvalue weighted by Gasteiger charge is 2.15. The lowest BCUT2D eigenvalue weighted by Gasteiger charge is -1.97. The van der Waals surface area contributed by atoms with Crippen molar-refractivity contribution < 1.29 is 38.0 Å². The first-order chi connectivity index (χ1) is 8.66. The largest absolute Gasteiger partial charge is 1.00 e. The summed E-state index contributed by atoms with van der Waals surface area (Å²) in [6.45, 7) is 1.41. The van der Waals surface area contributed by atoms with Gasteiger partial charge in [-0.25, -0.2) is 9.20 Å². The van der Waals surface area contributed by atoms with Crippen molar-refractivity contribution in [3.63, 3.8) is 0 Å². The second kappa shape index (κ2) is 9.18. The van der Waals surface area contributed by atoms with Crippen molar-refractivity contribution in [2.75, 3.05) is 10.2 Å². The van der Waals surface area contributed by atoms with E-state index in [1.54, 1.807) is 0 Å². The van der Waals surface area contributed by atoms with Crippen LogP contribution in [0, 0.1) is 0 Å². The Hall–Kier alpha value is -0.780. The fourth-order valence-corrected chi connectivity index (χ4v) is 1.35. The SMILES string of the molecule is CC(=O)Nc1nonc1-c1ccc[n+](C)c1.CI.[I-]. The van der Waals surface area contributed by atoms with E-state index in [1.807, 2.05) is 41.1 Å². The van der Waals surface area contributed by atoms with Crippen molar-refractivity contribution in [1.29, 1.82) is 0 Å². The van der Waals surface area contributed by atoms with Crippen LogP contribution in [0.1, 0.15) is 6.92 Å². The molecule has 0 aliphatic carbocycles. The summed E-state index contributed by atoms with van der Waals surface area (Å²) in [6.07, 6.45) is 3.76. The smallest absolute Gasteiger partial charge is 0.222 e. The van der Waals surface area contributed by atoms with Crippen LogP contribution in [0.3, 0.4) is 0 Å². The number of carbonyl (C=O) groups is 1. The predicted molar refractivity (Wildman–Crippen MR) is 75.2 cm³/mol. The van der Waals surface area contributed by atoms with E-state index in [9.17, 15) is 4.79 Å². The third-order valence-corrected chi connectivity index (χ3v) is 2.00. The quantitative estimate of drug-likeness (QED) is 0.320. The number of alkyl halides is 1. The van der Waals surface area contributed by atoms with Crippen LogP contribution >= 0.6 is 22.6 Å². The Morgan fingerprint density at radius 1 is 1.42 bits per heavy atom. The molecule has 0 radical (unpaired) electrons. The molecule has 0 unspecified atom stereocenters. The van der Waals surface area contributed by atoms with Crippen LogP contribution < -0.4 is 33.9 Å². The predicted octanol–water partition coefficient (Wildman–Crippen LogP) is -1.43. The van der Waals surface area contributed by atoms with Gasteiger partial charge in [-0.3, -0.25) is 4.79 Å². The summed E-state index contributed by atoms with van der Waals surface area (Å²) < 4.78 is 6.49. The van der Waals surface area contributed by atoms with Crippen LogP contribution in [-0.4, -0.2) is 21.2 Å². The minimum absolute atomic E-state index is 0. The zero-order valence-electron chi connectivity index (χ0n) is 10.7. The van der Waals surface area contributed by atoms with Crippen molar-refractivity contribution in [2.45, 2.75) is 6.92 Å². The molecule has 0 saturated carbocycles. The highest BCUT2D eigenvalue weighted by molar-refractivity contribution is 14.1. The number of pyridine rings is 1. The molecule has 19 heavy (non-hydrogen) atoms. The summed E-state index contributed by atoms with van der Waals surface area (Å²) in [5.74, 6) is 0.121. The number of anilines is 1. The highest BCUT2D eigenvalue weighted by atomic mass is 127. The molecule has 0 spiro atoms. The lowest BCUT2D eigenvalue weighted by atomic mass is 10.2. The van der Waals surface area contributed by atoms with Gasteiger partial charge in [-0.05, 0) is 21.3 Å². The van der Waals surface area contributed by atoms with Crippen LogP contribution in [0.4, 0.5) is 5.82 Å². The lowest BCUT2D eigenvalue weighted by Crippen LogP contribution is -3.00. The highest BCUT2D eigenvalue weighted by Crippen LogP contribution is 2.22. The van der Waals surface area contributed by atoms with Gasteiger partial charge in [-0.2, -0.15) is 0 Å². The van der Waals surface area contributed by atoms with E-state index in [1.165, 1.54) is 6.92 Å². The molecule has 2 heterocycles. The van der Waals surface area contributed by atoms with E-state index in [0.29, 0.717) is 11.5 Å². The number of amides is 1. The number of aryl methyl sites for hydroxylation is 1. The topological polar surface area (TPSA) is 71.9 Å². The molecule has 2 rings (SSSR count). The third kappa shape index (κ3) is 5.38. The third-order valence-electron chi connectivity index (χ3n) is 2.00. The normalized spacial score (nSPS) is 8.84. The fourth-order valence-electron chi connectivity index (χ4n) is 1.35. The zero-order chi connectivity index (χ0) is 13.5. The Balaban J connectivity index is 0.00000103. The number of hydrogen-bond donors (Lipinski definition) is 1. The summed E-state index contributed by atoms with van der Waals surface area (Å²) in [5.41, 5.74) is 1.35. The molecule has 0 aliphatic heterocycles. The summed E-state index contributed by atoms with van der Waals surface area (Å²) in [6, 6.07) is 3.74. The molecule has 0 atom stereocenters. The molecule has 0 aromatic carbocycles. The van der Waals surface area contributed by atoms with E-state index < -0.39 is 0 Å². The first-order valence-corrected chi connectivity index (χ1v) is 7.26. The van der Waals surface area contributed by atoms with Crippen LogP contribution in [0.15, 0.2) is 29.2 Å². The van der Waals surface area contributed by atoms with Gasteiger partial charge in [0, 0.05) is 13.0 Å². The van der Waals surface area contributed by atoms with E-state index in [-0.39, 0.29) is 29.9 Å². The Morgan fingerprint density at radius 2 is 2.11 bits per heavy atom. The first-order valence-electron chi connectivity index (χ1n) is 5.10. The first kappa shape index (κ1) is 18.2. The van der Waals surface area contributed by atoms with Gasteiger partial charge in [-0.15, -0.1) is 0 Å². The van der Waals surface area contributed by atoms with Crippen molar-refractivity contribution in [3.8, 4) is 11.3 Å². The van der Waals surface area contributed by atoms with E-state index >= 15 is 0 Å². The van der Waals surface area contributed by atoms with Crippen molar-refractivity contribution in [2.24, 2.45) is 7.05 Å². The fraction of sp³-hybridized carbons (Fsp3) is 0.273. The second-order valence-electron chi connectivity index (χ2n) is 3.40. The minimum atomic E-state index is -0.211. The molecular weight excluding hydrogens is 474 g/mol. The molecule has 0 bridgehead atoms. The standard InChI is InChI=1S/C10H10N4O2.CH3I.HI/c1-7(15)11-10-9(12-16-13-10)8-4-3-5-14(2)6-8;1-2;/h3-6H,1-2H3;1H3;1H. The number of nitrogens with zero attached hydrogens (tertiary/aromatic N) is 3. The molecule has 2 aromatic heterocycles. The number of halogens is 2. The van der Waals surface area contributed by atoms with Gasteiger partial charge in [0.2, 0.25) is 11.7 Å². The maximum absolute atomic E-state index is 10.9. The maximum Gasteiger partial charge on any atom is 0.222 e. The maximum atomic E-state index is 10.9. The van der Waals surface area contributed by atoms with Crippen LogP contribution in [0.25, 0.3) is 11.3 Å². The molecule has 1 N–H and O–H groups in total. The van der Waals surface area contributed by atoms with Crippen LogP contribution in [0.5, 0.6) is 0 Å². The Bertz CT molecular complexity index is 531. The number of nitrogens with one attached hydrogen (secondary N) is 1. The van der Waals surface area contributed by atoms with Gasteiger partial charge >= 0.3 is 0 Å².